The summed E-state index contributed by atoms with van der Waals surface area (Å²) in [5, 5.41) is 5.92. The minimum absolute atomic E-state index is 0.00686. The van der Waals surface area contributed by atoms with Gasteiger partial charge in [0.15, 0.2) is 0 Å². The van der Waals surface area contributed by atoms with Crippen LogP contribution in [0.3, 0.4) is 0 Å². The number of nitrogens with one attached hydrogen (secondary N) is 2. The van der Waals surface area contributed by atoms with Crippen molar-refractivity contribution in [2.45, 2.75) is 49.9 Å². The third-order valence-electron chi connectivity index (χ3n) is 6.38. The fourth-order valence-electron chi connectivity index (χ4n) is 4.68. The minimum Gasteiger partial charge on any atom is -0.335 e. The van der Waals surface area contributed by atoms with Crippen molar-refractivity contribution in [2.75, 3.05) is 0 Å². The molecule has 3 aromatic carbocycles. The number of carbonyl (C=O) groups is 1. The maximum Gasteiger partial charge on any atom is 0.416 e. The highest BCUT2D eigenvalue weighted by molar-refractivity contribution is 9.10. The Bertz CT molecular complexity index is 1160. The third-order valence-corrected chi connectivity index (χ3v) is 6.91. The van der Waals surface area contributed by atoms with Crippen LogP contribution in [0.2, 0.25) is 0 Å². The molecular formula is C27H25BrF4N2O. The van der Waals surface area contributed by atoms with E-state index in [9.17, 15) is 22.4 Å². The largest absolute Gasteiger partial charge is 0.416 e. The number of rotatable bonds is 6. The molecule has 3 nitrogen and oxygen atoms in total. The average Bonchev–Trinajstić information content (AvgIpc) is 3.31. The molecule has 0 radical (unpaired) electrons. The van der Waals surface area contributed by atoms with E-state index < -0.39 is 29.1 Å². The molecular weight excluding hydrogens is 524 g/mol. The van der Waals surface area contributed by atoms with Crippen LogP contribution in [0, 0.1) is 5.82 Å². The summed E-state index contributed by atoms with van der Waals surface area (Å²) >= 11 is 3.39. The lowest BCUT2D eigenvalue weighted by Gasteiger charge is -2.37. The first-order valence-corrected chi connectivity index (χ1v) is 12.2. The lowest BCUT2D eigenvalue weighted by molar-refractivity contribution is -0.137. The van der Waals surface area contributed by atoms with E-state index in [1.807, 2.05) is 30.3 Å². The summed E-state index contributed by atoms with van der Waals surface area (Å²) < 4.78 is 56.4. The van der Waals surface area contributed by atoms with Gasteiger partial charge in [-0.2, -0.15) is 13.2 Å². The molecule has 0 spiro atoms. The summed E-state index contributed by atoms with van der Waals surface area (Å²) in [5.74, 6) is -1.03. The molecule has 3 aromatic rings. The molecule has 184 valence electrons. The number of amides is 2. The van der Waals surface area contributed by atoms with Gasteiger partial charge in [0.2, 0.25) is 0 Å². The van der Waals surface area contributed by atoms with Crippen LogP contribution in [0.15, 0.2) is 77.3 Å². The van der Waals surface area contributed by atoms with Gasteiger partial charge in [0.1, 0.15) is 5.82 Å². The number of urea groups is 1. The Morgan fingerprint density at radius 2 is 1.51 bits per heavy atom. The molecule has 0 aliphatic heterocycles. The predicted molar refractivity (Wildman–Crippen MR) is 130 cm³/mol. The van der Waals surface area contributed by atoms with Gasteiger partial charge in [0.05, 0.1) is 11.1 Å². The highest BCUT2D eigenvalue weighted by atomic mass is 79.9. The zero-order valence-corrected chi connectivity index (χ0v) is 20.4. The maximum atomic E-state index is 14.6. The summed E-state index contributed by atoms with van der Waals surface area (Å²) in [6, 6.07) is 18.0. The van der Waals surface area contributed by atoms with Crippen LogP contribution < -0.4 is 10.6 Å². The molecule has 0 bridgehead atoms. The van der Waals surface area contributed by atoms with Gasteiger partial charge in [0, 0.05) is 16.9 Å². The summed E-state index contributed by atoms with van der Waals surface area (Å²) in [5.41, 5.74) is -1.26. The van der Waals surface area contributed by atoms with Crippen molar-refractivity contribution in [3.05, 3.63) is 105 Å². The van der Waals surface area contributed by atoms with Crippen LogP contribution >= 0.6 is 15.9 Å². The van der Waals surface area contributed by atoms with Crippen LogP contribution in [0.1, 0.15) is 47.9 Å². The topological polar surface area (TPSA) is 41.1 Å². The van der Waals surface area contributed by atoms with Gasteiger partial charge in [-0.1, -0.05) is 71.2 Å². The molecule has 1 aliphatic rings. The van der Waals surface area contributed by atoms with Gasteiger partial charge in [-0.05, 0) is 59.9 Å². The first kappa shape index (κ1) is 25.2. The van der Waals surface area contributed by atoms with Crippen LogP contribution in [0.4, 0.5) is 22.4 Å². The van der Waals surface area contributed by atoms with Gasteiger partial charge >= 0.3 is 12.2 Å². The molecule has 1 fully saturated rings. The van der Waals surface area contributed by atoms with E-state index in [0.29, 0.717) is 11.6 Å². The van der Waals surface area contributed by atoms with Crippen molar-refractivity contribution < 1.29 is 22.4 Å². The van der Waals surface area contributed by atoms with E-state index in [0.717, 1.165) is 47.9 Å². The number of hydrogen-bond acceptors (Lipinski definition) is 1. The lowest BCUT2D eigenvalue weighted by atomic mass is 9.77. The second-order valence-corrected chi connectivity index (χ2v) is 9.80. The Morgan fingerprint density at radius 3 is 2.14 bits per heavy atom. The predicted octanol–water partition coefficient (Wildman–Crippen LogP) is 7.34. The molecule has 8 heteroatoms. The SMILES string of the molecule is O=C(NC1CCCC1)N[C@@](Cc1ccccc1)(c1ccc(Br)cc1)c1cc(F)cc(C(F)(F)F)c1. The smallest absolute Gasteiger partial charge is 0.335 e. The van der Waals surface area contributed by atoms with Crippen LogP contribution in [-0.2, 0) is 18.1 Å². The van der Waals surface area contributed by atoms with Crippen LogP contribution in [0.25, 0.3) is 0 Å². The maximum absolute atomic E-state index is 14.6. The highest BCUT2D eigenvalue weighted by Gasteiger charge is 2.40. The Hall–Kier alpha value is -2.87. The normalized spacial score (nSPS) is 16.0. The highest BCUT2D eigenvalue weighted by Crippen LogP contribution is 2.38. The molecule has 4 rings (SSSR count). The molecule has 35 heavy (non-hydrogen) atoms. The Kier molecular flexibility index (Phi) is 7.50. The molecule has 1 saturated carbocycles. The molecule has 1 aliphatic carbocycles. The van der Waals surface area contributed by atoms with Crippen molar-refractivity contribution >= 4 is 22.0 Å². The molecule has 2 N–H and O–H groups in total. The summed E-state index contributed by atoms with van der Waals surface area (Å²) in [4.78, 5) is 13.2. The standard InChI is InChI=1S/C27H25BrF4N2O/c28-22-12-10-19(11-13-22)26(17-18-6-2-1-3-7-18,34-25(35)33-24-8-4-5-9-24)20-14-21(27(30,31)32)16-23(29)15-20/h1-3,6-7,10-16,24H,4-5,8-9,17H2,(H2,33,34,35)/t26-/m0/s1. The van der Waals surface area contributed by atoms with Gasteiger partial charge in [-0.15, -0.1) is 0 Å². The van der Waals surface area contributed by atoms with Gasteiger partial charge in [-0.25, -0.2) is 9.18 Å². The molecule has 0 unspecified atom stereocenters. The van der Waals surface area contributed by atoms with Crippen molar-refractivity contribution in [3.8, 4) is 0 Å². The Morgan fingerprint density at radius 1 is 0.886 bits per heavy atom. The van der Waals surface area contributed by atoms with Crippen molar-refractivity contribution in [1.82, 2.24) is 10.6 Å². The Balaban J connectivity index is 1.89. The second kappa shape index (κ2) is 10.4. The van der Waals surface area contributed by atoms with E-state index in [1.165, 1.54) is 0 Å². The fourth-order valence-corrected chi connectivity index (χ4v) is 4.95. The van der Waals surface area contributed by atoms with Gasteiger partial charge < -0.3 is 10.6 Å². The van der Waals surface area contributed by atoms with Gasteiger partial charge in [-0.3, -0.25) is 0 Å². The first-order valence-electron chi connectivity index (χ1n) is 11.4. The van der Waals surface area contributed by atoms with E-state index in [4.69, 9.17) is 0 Å². The van der Waals surface area contributed by atoms with Crippen LogP contribution in [0.5, 0.6) is 0 Å². The fraction of sp³-hybridized carbons (Fsp3) is 0.296. The summed E-state index contributed by atoms with van der Waals surface area (Å²) in [7, 11) is 0. The number of halogens is 5. The zero-order valence-electron chi connectivity index (χ0n) is 18.8. The second-order valence-electron chi connectivity index (χ2n) is 8.88. The van der Waals surface area contributed by atoms with E-state index in [2.05, 4.69) is 26.6 Å². The number of alkyl halides is 3. The number of carbonyl (C=O) groups excluding carboxylic acids is 1. The molecule has 2 amide bonds. The number of benzene rings is 3. The summed E-state index contributed by atoms with van der Waals surface area (Å²) in [6.45, 7) is 0. The molecule has 1 atom stereocenters. The quantitative estimate of drug-likeness (QED) is 0.311. The van der Waals surface area contributed by atoms with E-state index >= 15 is 0 Å². The van der Waals surface area contributed by atoms with E-state index in [1.54, 1.807) is 24.3 Å². The molecule has 0 aromatic heterocycles. The van der Waals surface area contributed by atoms with E-state index in [-0.39, 0.29) is 18.0 Å². The lowest BCUT2D eigenvalue weighted by Crippen LogP contribution is -2.53. The van der Waals surface area contributed by atoms with Crippen molar-refractivity contribution in [2.24, 2.45) is 0 Å². The number of hydrogen-bond donors (Lipinski definition) is 2. The minimum atomic E-state index is -4.75. The zero-order chi connectivity index (χ0) is 25.1. The first-order chi connectivity index (χ1) is 16.7. The van der Waals surface area contributed by atoms with Gasteiger partial charge in [0.25, 0.3) is 0 Å². The molecule has 0 heterocycles. The van der Waals surface area contributed by atoms with Crippen molar-refractivity contribution in [3.63, 3.8) is 0 Å². The Labute approximate surface area is 210 Å². The molecule has 0 saturated heterocycles. The third kappa shape index (κ3) is 6.04. The monoisotopic (exact) mass is 548 g/mol. The van der Waals surface area contributed by atoms with Crippen molar-refractivity contribution in [1.29, 1.82) is 0 Å². The summed E-state index contributed by atoms with van der Waals surface area (Å²) in [6.07, 6.45) is -0.933. The average molecular weight is 549 g/mol. The van der Waals surface area contributed by atoms with Crippen LogP contribution in [-0.4, -0.2) is 12.1 Å².